The second-order valence-electron chi connectivity index (χ2n) is 4.50. The van der Waals surface area contributed by atoms with Gasteiger partial charge in [0, 0.05) is 43.1 Å². The van der Waals surface area contributed by atoms with Crippen LogP contribution in [0.15, 0.2) is 5.38 Å². The predicted octanol–water partition coefficient (Wildman–Crippen LogP) is 0.689. The van der Waals surface area contributed by atoms with Gasteiger partial charge < -0.3 is 15.7 Å². The Kier molecular flexibility index (Phi) is 6.27. The molecule has 0 aliphatic carbocycles. The summed E-state index contributed by atoms with van der Waals surface area (Å²) < 4.78 is 0. The maximum Gasteiger partial charge on any atom is 0.355 e. The van der Waals surface area contributed by atoms with Crippen molar-refractivity contribution in [3.05, 3.63) is 16.1 Å². The molecule has 0 atom stereocenters. The molecule has 116 valence electrons. The number of carboxylic acid groups (broad SMARTS) is 1. The summed E-state index contributed by atoms with van der Waals surface area (Å²) in [7, 11) is 0. The molecule has 2 amide bonds. The molecule has 7 nitrogen and oxygen atoms in total. The van der Waals surface area contributed by atoms with Crippen molar-refractivity contribution in [3.8, 4) is 0 Å². The number of thioether (sulfide) groups is 1. The van der Waals surface area contributed by atoms with Crippen molar-refractivity contribution in [1.29, 1.82) is 0 Å². The average Bonchev–Trinajstić information content (AvgIpc) is 2.95. The number of urea groups is 1. The molecule has 0 unspecified atom stereocenters. The molecule has 9 heteroatoms. The Balaban J connectivity index is 1.61. The van der Waals surface area contributed by atoms with E-state index >= 15 is 0 Å². The molecule has 3 N–H and O–H groups in total. The Labute approximate surface area is 131 Å². The molecule has 1 aromatic rings. The van der Waals surface area contributed by atoms with Gasteiger partial charge in [-0.3, -0.25) is 4.90 Å². The number of carboxylic acids is 1. The molecule has 1 aliphatic rings. The number of hydrogen-bond donors (Lipinski definition) is 3. The van der Waals surface area contributed by atoms with Gasteiger partial charge in [-0.2, -0.15) is 11.8 Å². The van der Waals surface area contributed by atoms with Gasteiger partial charge in [-0.25, -0.2) is 14.6 Å². The minimum absolute atomic E-state index is 0.0141. The van der Waals surface area contributed by atoms with E-state index in [0.717, 1.165) is 31.1 Å². The third-order valence-electron chi connectivity index (χ3n) is 2.99. The molecule has 1 fully saturated rings. The van der Waals surface area contributed by atoms with Crippen LogP contribution < -0.4 is 10.6 Å². The highest BCUT2D eigenvalue weighted by Crippen LogP contribution is 2.09. The molecular formula is C12H18N4O3S2. The lowest BCUT2D eigenvalue weighted by Crippen LogP contribution is -2.42. The second kappa shape index (κ2) is 8.20. The first-order chi connectivity index (χ1) is 10.1. The monoisotopic (exact) mass is 330 g/mol. The Morgan fingerprint density at radius 2 is 2.10 bits per heavy atom. The molecule has 0 aromatic carbocycles. The predicted molar refractivity (Wildman–Crippen MR) is 83.1 cm³/mol. The van der Waals surface area contributed by atoms with Crippen LogP contribution in [0.4, 0.5) is 4.79 Å². The molecule has 21 heavy (non-hydrogen) atoms. The van der Waals surface area contributed by atoms with E-state index in [-0.39, 0.29) is 18.3 Å². The summed E-state index contributed by atoms with van der Waals surface area (Å²) in [6, 6.07) is -0.256. The minimum Gasteiger partial charge on any atom is -0.476 e. The fraction of sp³-hybridized carbons (Fsp3) is 0.583. The number of nitrogens with one attached hydrogen (secondary N) is 2. The Hall–Kier alpha value is -1.32. The number of carbonyl (C=O) groups is 2. The number of rotatable bonds is 6. The number of hydrogen-bond acceptors (Lipinski definition) is 6. The Bertz CT molecular complexity index is 489. The molecule has 1 aliphatic heterocycles. The van der Waals surface area contributed by atoms with Crippen molar-refractivity contribution in [3.63, 3.8) is 0 Å². The third-order valence-corrected chi connectivity index (χ3v) is 4.78. The van der Waals surface area contributed by atoms with Gasteiger partial charge in [-0.1, -0.05) is 0 Å². The van der Waals surface area contributed by atoms with Crippen LogP contribution in [0, 0.1) is 0 Å². The average molecular weight is 330 g/mol. The van der Waals surface area contributed by atoms with E-state index in [2.05, 4.69) is 20.5 Å². The van der Waals surface area contributed by atoms with Crippen molar-refractivity contribution >= 4 is 35.1 Å². The molecular weight excluding hydrogens is 312 g/mol. The van der Waals surface area contributed by atoms with Crippen LogP contribution in [0.2, 0.25) is 0 Å². The molecule has 1 saturated heterocycles. The third kappa shape index (κ3) is 5.52. The van der Waals surface area contributed by atoms with Crippen LogP contribution in [-0.2, 0) is 6.54 Å². The summed E-state index contributed by atoms with van der Waals surface area (Å²) in [5.41, 5.74) is 0.0141. The number of carbonyl (C=O) groups excluding carboxylic acids is 1. The van der Waals surface area contributed by atoms with Crippen molar-refractivity contribution in [2.45, 2.75) is 6.54 Å². The lowest BCUT2D eigenvalue weighted by Gasteiger charge is -2.25. The van der Waals surface area contributed by atoms with Gasteiger partial charge in [0.1, 0.15) is 5.01 Å². The van der Waals surface area contributed by atoms with E-state index in [1.54, 1.807) is 0 Å². The van der Waals surface area contributed by atoms with Crippen LogP contribution in [0.3, 0.4) is 0 Å². The Morgan fingerprint density at radius 3 is 2.76 bits per heavy atom. The van der Waals surface area contributed by atoms with Crippen molar-refractivity contribution < 1.29 is 14.7 Å². The first-order valence-corrected chi connectivity index (χ1v) is 8.68. The molecule has 0 saturated carbocycles. The summed E-state index contributed by atoms with van der Waals surface area (Å²) >= 11 is 3.18. The normalized spacial score (nSPS) is 15.6. The highest BCUT2D eigenvalue weighted by Gasteiger charge is 2.11. The number of amides is 2. The summed E-state index contributed by atoms with van der Waals surface area (Å²) in [6.07, 6.45) is 0. The van der Waals surface area contributed by atoms with Gasteiger partial charge in [0.2, 0.25) is 0 Å². The standard InChI is InChI=1S/C12H18N4O3S2/c17-11(18)9-8-21-10(15-9)7-14-12(19)13-1-2-16-3-5-20-6-4-16/h8H,1-7H2,(H,17,18)(H2,13,14,19). The first-order valence-electron chi connectivity index (χ1n) is 6.64. The Morgan fingerprint density at radius 1 is 1.33 bits per heavy atom. The molecule has 0 radical (unpaired) electrons. The molecule has 2 rings (SSSR count). The minimum atomic E-state index is -1.05. The van der Waals surface area contributed by atoms with Crippen LogP contribution >= 0.6 is 23.1 Å². The van der Waals surface area contributed by atoms with Gasteiger partial charge in [0.05, 0.1) is 6.54 Å². The van der Waals surface area contributed by atoms with Gasteiger partial charge >= 0.3 is 12.0 Å². The van der Waals surface area contributed by atoms with E-state index in [1.807, 2.05) is 11.8 Å². The van der Waals surface area contributed by atoms with Gasteiger partial charge in [0.25, 0.3) is 0 Å². The van der Waals surface area contributed by atoms with Crippen molar-refractivity contribution in [1.82, 2.24) is 20.5 Å². The molecule has 1 aromatic heterocycles. The fourth-order valence-corrected chi connectivity index (χ4v) is 3.55. The highest BCUT2D eigenvalue weighted by molar-refractivity contribution is 7.99. The van der Waals surface area contributed by atoms with E-state index in [0.29, 0.717) is 11.6 Å². The molecule has 0 spiro atoms. The van der Waals surface area contributed by atoms with E-state index < -0.39 is 5.97 Å². The largest absolute Gasteiger partial charge is 0.476 e. The topological polar surface area (TPSA) is 94.6 Å². The zero-order chi connectivity index (χ0) is 15.1. The van der Waals surface area contributed by atoms with E-state index in [9.17, 15) is 9.59 Å². The van der Waals surface area contributed by atoms with Crippen LogP contribution in [-0.4, -0.2) is 64.7 Å². The molecule has 2 heterocycles. The van der Waals surface area contributed by atoms with Gasteiger partial charge in [-0.15, -0.1) is 11.3 Å². The van der Waals surface area contributed by atoms with Crippen LogP contribution in [0.1, 0.15) is 15.5 Å². The summed E-state index contributed by atoms with van der Waals surface area (Å²) in [5.74, 6) is 1.26. The number of aromatic carboxylic acids is 1. The summed E-state index contributed by atoms with van der Waals surface area (Å²) in [6.45, 7) is 3.85. The lowest BCUT2D eigenvalue weighted by molar-refractivity contribution is 0.0691. The number of thiazole rings is 1. The zero-order valence-corrected chi connectivity index (χ0v) is 13.1. The fourth-order valence-electron chi connectivity index (χ4n) is 1.86. The smallest absolute Gasteiger partial charge is 0.355 e. The quantitative estimate of drug-likeness (QED) is 0.710. The zero-order valence-electron chi connectivity index (χ0n) is 11.5. The maximum absolute atomic E-state index is 11.6. The lowest BCUT2D eigenvalue weighted by atomic mass is 10.4. The van der Waals surface area contributed by atoms with Crippen molar-refractivity contribution in [2.75, 3.05) is 37.7 Å². The van der Waals surface area contributed by atoms with Crippen molar-refractivity contribution in [2.24, 2.45) is 0 Å². The van der Waals surface area contributed by atoms with E-state index in [1.165, 1.54) is 16.7 Å². The van der Waals surface area contributed by atoms with Crippen LogP contribution in [0.5, 0.6) is 0 Å². The number of nitrogens with zero attached hydrogens (tertiary/aromatic N) is 2. The molecule has 0 bridgehead atoms. The first kappa shape index (κ1) is 16.1. The summed E-state index contributed by atoms with van der Waals surface area (Å²) in [5, 5.41) is 16.3. The SMILES string of the molecule is O=C(NCCN1CCSCC1)NCc1nc(C(=O)O)cs1. The maximum atomic E-state index is 11.6. The van der Waals surface area contributed by atoms with Crippen LogP contribution in [0.25, 0.3) is 0 Å². The van der Waals surface area contributed by atoms with Gasteiger partial charge in [0.15, 0.2) is 5.69 Å². The second-order valence-corrected chi connectivity index (χ2v) is 6.66. The summed E-state index contributed by atoms with van der Waals surface area (Å²) in [4.78, 5) is 28.5. The number of aromatic nitrogens is 1. The van der Waals surface area contributed by atoms with Gasteiger partial charge in [-0.05, 0) is 0 Å². The highest BCUT2D eigenvalue weighted by atomic mass is 32.2. The van der Waals surface area contributed by atoms with E-state index in [4.69, 9.17) is 5.11 Å².